The molecule has 1 heterocycles. The van der Waals surface area contributed by atoms with Crippen LogP contribution in [0.1, 0.15) is 27.7 Å². The summed E-state index contributed by atoms with van der Waals surface area (Å²) in [7, 11) is 2.10. The number of nitrogens with zero attached hydrogens (tertiary/aromatic N) is 3. The topological polar surface area (TPSA) is 59.4 Å². The molecule has 0 bridgehead atoms. The van der Waals surface area contributed by atoms with Gasteiger partial charge in [-0.15, -0.1) is 0 Å². The van der Waals surface area contributed by atoms with E-state index in [9.17, 15) is 10.1 Å². The minimum absolute atomic E-state index is 0.0610. The van der Waals surface area contributed by atoms with Crippen LogP contribution in [0.4, 0.5) is 0 Å². The van der Waals surface area contributed by atoms with Crippen LogP contribution in [-0.4, -0.2) is 60.5 Å². The second-order valence-electron chi connectivity index (χ2n) is 6.10. The fourth-order valence-electron chi connectivity index (χ4n) is 2.23. The van der Waals surface area contributed by atoms with Crippen molar-refractivity contribution in [3.63, 3.8) is 0 Å². The van der Waals surface area contributed by atoms with E-state index in [1.54, 1.807) is 6.92 Å². The van der Waals surface area contributed by atoms with Gasteiger partial charge in [0.25, 0.3) is 0 Å². The zero-order chi connectivity index (χ0) is 14.6. The number of hydrogen-bond donors (Lipinski definition) is 1. The molecule has 0 aromatic rings. The molecular weight excluding hydrogens is 240 g/mol. The normalized spacial score (nSPS) is 24.8. The molecule has 19 heavy (non-hydrogen) atoms. The van der Waals surface area contributed by atoms with Crippen molar-refractivity contribution in [3.05, 3.63) is 0 Å². The van der Waals surface area contributed by atoms with Gasteiger partial charge < -0.3 is 10.2 Å². The lowest BCUT2D eigenvalue weighted by molar-refractivity contribution is -0.125. The van der Waals surface area contributed by atoms with Crippen molar-refractivity contribution in [1.82, 2.24) is 15.1 Å². The monoisotopic (exact) mass is 266 g/mol. The number of nitriles is 1. The number of piperazine rings is 1. The Labute approximate surface area is 116 Å². The molecule has 1 rings (SSSR count). The first kappa shape index (κ1) is 15.9. The lowest BCUT2D eigenvalue weighted by Crippen LogP contribution is -2.56. The lowest BCUT2D eigenvalue weighted by Gasteiger charge is -2.38. The number of carbonyl (C=O) groups excluding carboxylic acids is 1. The van der Waals surface area contributed by atoms with Crippen LogP contribution in [0.3, 0.4) is 0 Å². The summed E-state index contributed by atoms with van der Waals surface area (Å²) in [6, 6.07) is 2.58. The van der Waals surface area contributed by atoms with Gasteiger partial charge in [-0.2, -0.15) is 5.26 Å². The highest BCUT2D eigenvalue weighted by Crippen LogP contribution is 2.15. The molecule has 0 saturated carbocycles. The predicted octanol–water partition coefficient (Wildman–Crippen LogP) is 0.677. The van der Waals surface area contributed by atoms with Gasteiger partial charge in [0, 0.05) is 25.7 Å². The van der Waals surface area contributed by atoms with E-state index in [0.717, 1.165) is 19.6 Å². The molecular formula is C14H26N4O. The molecule has 1 saturated heterocycles. The van der Waals surface area contributed by atoms with Crippen LogP contribution in [0.25, 0.3) is 0 Å². The van der Waals surface area contributed by atoms with Gasteiger partial charge in [0.2, 0.25) is 5.91 Å². The molecule has 0 spiro atoms. The summed E-state index contributed by atoms with van der Waals surface area (Å²) in [4.78, 5) is 16.5. The minimum atomic E-state index is -0.785. The summed E-state index contributed by atoms with van der Waals surface area (Å²) in [5, 5.41) is 12.1. The fraction of sp³-hybridized carbons (Fsp3) is 0.857. The smallest absolute Gasteiger partial charge is 0.235 e. The van der Waals surface area contributed by atoms with Crippen molar-refractivity contribution in [2.45, 2.75) is 39.3 Å². The first-order valence-corrected chi connectivity index (χ1v) is 6.93. The van der Waals surface area contributed by atoms with Crippen LogP contribution in [0.2, 0.25) is 0 Å². The molecule has 2 atom stereocenters. The van der Waals surface area contributed by atoms with Gasteiger partial charge in [-0.1, -0.05) is 13.8 Å². The summed E-state index contributed by atoms with van der Waals surface area (Å²) in [6.45, 7) is 11.0. The summed E-state index contributed by atoms with van der Waals surface area (Å²) in [5.41, 5.74) is -0.785. The predicted molar refractivity (Wildman–Crippen MR) is 75.5 cm³/mol. The van der Waals surface area contributed by atoms with Gasteiger partial charge in [-0.05, 0) is 26.8 Å². The first-order valence-electron chi connectivity index (χ1n) is 6.93. The number of nitrogens with one attached hydrogen (secondary N) is 1. The molecule has 5 heteroatoms. The van der Waals surface area contributed by atoms with Crippen LogP contribution >= 0.6 is 0 Å². The second-order valence-corrected chi connectivity index (χ2v) is 6.10. The van der Waals surface area contributed by atoms with Crippen molar-refractivity contribution >= 4 is 5.91 Å². The van der Waals surface area contributed by atoms with Crippen molar-refractivity contribution in [1.29, 1.82) is 5.26 Å². The highest BCUT2D eigenvalue weighted by atomic mass is 16.2. The van der Waals surface area contributed by atoms with E-state index in [-0.39, 0.29) is 11.8 Å². The molecule has 1 aliphatic rings. The molecule has 0 aromatic carbocycles. The third kappa shape index (κ3) is 4.19. The second kappa shape index (κ2) is 6.36. The van der Waals surface area contributed by atoms with Crippen LogP contribution < -0.4 is 5.32 Å². The average Bonchev–Trinajstić information content (AvgIpc) is 2.32. The Morgan fingerprint density at radius 2 is 2.16 bits per heavy atom. The summed E-state index contributed by atoms with van der Waals surface area (Å²) in [6.07, 6.45) is 0. The Hall–Kier alpha value is -1.12. The molecule has 1 aliphatic heterocycles. The number of hydrogen-bond acceptors (Lipinski definition) is 4. The fourth-order valence-corrected chi connectivity index (χ4v) is 2.23. The molecule has 108 valence electrons. The zero-order valence-corrected chi connectivity index (χ0v) is 12.7. The van der Waals surface area contributed by atoms with Crippen molar-refractivity contribution < 1.29 is 4.79 Å². The number of likely N-dealkylation sites (N-methyl/N-ethyl adjacent to an activating group) is 1. The first-order chi connectivity index (χ1) is 8.78. The number of amides is 1. The average molecular weight is 266 g/mol. The van der Waals surface area contributed by atoms with Crippen molar-refractivity contribution in [3.8, 4) is 6.07 Å². The Morgan fingerprint density at radius 3 is 2.63 bits per heavy atom. The maximum Gasteiger partial charge on any atom is 0.235 e. The zero-order valence-electron chi connectivity index (χ0n) is 12.7. The van der Waals surface area contributed by atoms with E-state index in [1.807, 2.05) is 13.8 Å². The highest BCUT2D eigenvalue weighted by molar-refractivity contribution is 5.79. The third-order valence-corrected chi connectivity index (χ3v) is 4.10. The Morgan fingerprint density at radius 1 is 1.53 bits per heavy atom. The van der Waals surface area contributed by atoms with E-state index in [0.29, 0.717) is 12.6 Å². The Kier molecular flexibility index (Phi) is 5.33. The Bertz CT molecular complexity index is 363. The minimum Gasteiger partial charge on any atom is -0.337 e. The van der Waals surface area contributed by atoms with E-state index in [4.69, 9.17) is 0 Å². The maximum atomic E-state index is 12.1. The van der Waals surface area contributed by atoms with Crippen LogP contribution in [0.5, 0.6) is 0 Å². The molecule has 1 amide bonds. The molecule has 1 N–H and O–H groups in total. The van der Waals surface area contributed by atoms with Gasteiger partial charge in [-0.25, -0.2) is 0 Å². The van der Waals surface area contributed by atoms with Gasteiger partial charge in [0.15, 0.2) is 0 Å². The molecule has 0 radical (unpaired) electrons. The molecule has 0 aromatic heterocycles. The molecule has 1 fully saturated rings. The van der Waals surface area contributed by atoms with Gasteiger partial charge in [0.05, 0.1) is 12.6 Å². The van der Waals surface area contributed by atoms with Crippen LogP contribution in [-0.2, 0) is 4.79 Å². The van der Waals surface area contributed by atoms with E-state index >= 15 is 0 Å². The SMILES string of the molecule is CC1CN(C)CCN1CC(=O)NC(C)(C#N)C(C)C. The summed E-state index contributed by atoms with van der Waals surface area (Å²) < 4.78 is 0. The standard InChI is InChI=1S/C14H26N4O/c1-11(2)14(4,10-15)16-13(19)9-18-7-6-17(5)8-12(18)3/h11-12H,6-9H2,1-5H3,(H,16,19). The molecule has 5 nitrogen and oxygen atoms in total. The van der Waals surface area contributed by atoms with E-state index in [2.05, 4.69) is 35.2 Å². The summed E-state index contributed by atoms with van der Waals surface area (Å²) in [5.74, 6) is 0.0283. The van der Waals surface area contributed by atoms with Crippen LogP contribution in [0.15, 0.2) is 0 Å². The lowest BCUT2D eigenvalue weighted by atomic mass is 9.90. The quantitative estimate of drug-likeness (QED) is 0.813. The van der Waals surface area contributed by atoms with Crippen molar-refractivity contribution in [2.75, 3.05) is 33.2 Å². The van der Waals surface area contributed by atoms with Crippen LogP contribution in [0, 0.1) is 17.2 Å². The third-order valence-electron chi connectivity index (χ3n) is 4.10. The van der Waals surface area contributed by atoms with Crippen molar-refractivity contribution in [2.24, 2.45) is 5.92 Å². The van der Waals surface area contributed by atoms with E-state index < -0.39 is 5.54 Å². The molecule has 2 unspecified atom stereocenters. The van der Waals surface area contributed by atoms with Gasteiger partial charge in [-0.3, -0.25) is 9.69 Å². The number of carbonyl (C=O) groups is 1. The largest absolute Gasteiger partial charge is 0.337 e. The van der Waals surface area contributed by atoms with E-state index in [1.165, 1.54) is 0 Å². The van der Waals surface area contributed by atoms with Gasteiger partial charge >= 0.3 is 0 Å². The highest BCUT2D eigenvalue weighted by Gasteiger charge is 2.31. The summed E-state index contributed by atoms with van der Waals surface area (Å²) >= 11 is 0. The Balaban J connectivity index is 2.54. The number of rotatable bonds is 4. The maximum absolute atomic E-state index is 12.1. The van der Waals surface area contributed by atoms with Gasteiger partial charge in [0.1, 0.15) is 5.54 Å². The molecule has 0 aliphatic carbocycles.